The highest BCUT2D eigenvalue weighted by atomic mass is 35.5. The Morgan fingerprint density at radius 1 is 1.50 bits per heavy atom. The van der Waals surface area contributed by atoms with Crippen LogP contribution in [0.3, 0.4) is 0 Å². The van der Waals surface area contributed by atoms with Crippen molar-refractivity contribution in [3.63, 3.8) is 0 Å². The van der Waals surface area contributed by atoms with Crippen molar-refractivity contribution in [3.8, 4) is 0 Å². The summed E-state index contributed by atoms with van der Waals surface area (Å²) in [4.78, 5) is 1.46. The molecule has 0 radical (unpaired) electrons. The molecule has 1 aromatic heterocycles. The fourth-order valence-corrected chi connectivity index (χ4v) is 2.16. The van der Waals surface area contributed by atoms with Gasteiger partial charge in [0.2, 0.25) is 0 Å². The number of halogens is 1. The van der Waals surface area contributed by atoms with Gasteiger partial charge in [0, 0.05) is 10.3 Å². The van der Waals surface area contributed by atoms with Crippen LogP contribution < -0.4 is 5.32 Å². The van der Waals surface area contributed by atoms with Gasteiger partial charge in [-0.1, -0.05) is 6.07 Å². The van der Waals surface area contributed by atoms with Crippen LogP contribution in [-0.4, -0.2) is 18.5 Å². The Labute approximate surface area is 95.5 Å². The number of hydrogen-bond donors (Lipinski definition) is 1. The van der Waals surface area contributed by atoms with E-state index in [9.17, 15) is 0 Å². The first kappa shape index (κ1) is 12.0. The van der Waals surface area contributed by atoms with Crippen molar-refractivity contribution in [3.05, 3.63) is 22.4 Å². The summed E-state index contributed by atoms with van der Waals surface area (Å²) in [5.74, 6) is 0. The molecule has 0 aliphatic heterocycles. The predicted octanol–water partition coefficient (Wildman–Crippen LogP) is 3.29. The number of alkyl halides is 1. The number of thiophene rings is 1. The smallest absolute Gasteiger partial charge is 0.0308 e. The van der Waals surface area contributed by atoms with Gasteiger partial charge in [-0.05, 0) is 50.7 Å². The van der Waals surface area contributed by atoms with Crippen molar-refractivity contribution >= 4 is 22.9 Å². The quantitative estimate of drug-likeness (QED) is 0.561. The zero-order valence-electron chi connectivity index (χ0n) is 8.63. The first-order valence-electron chi connectivity index (χ1n) is 5.16. The van der Waals surface area contributed by atoms with Crippen LogP contribution in [0.1, 0.15) is 24.6 Å². The average Bonchev–Trinajstić information content (AvgIpc) is 2.63. The lowest BCUT2D eigenvalue weighted by atomic mass is 10.2. The lowest BCUT2D eigenvalue weighted by Crippen LogP contribution is -2.18. The normalized spacial score (nSPS) is 13.0. The van der Waals surface area contributed by atoms with Crippen molar-refractivity contribution in [2.24, 2.45) is 0 Å². The Hall–Kier alpha value is -0.0500. The van der Waals surface area contributed by atoms with E-state index in [0.717, 1.165) is 25.9 Å². The van der Waals surface area contributed by atoms with Crippen LogP contribution in [-0.2, 0) is 6.42 Å². The topological polar surface area (TPSA) is 12.0 Å². The van der Waals surface area contributed by atoms with Crippen LogP contribution in [0.5, 0.6) is 0 Å². The SMILES string of the molecule is CC(Cl)CCCNCCc1cccs1. The van der Waals surface area contributed by atoms with E-state index in [4.69, 9.17) is 11.6 Å². The molecule has 14 heavy (non-hydrogen) atoms. The fraction of sp³-hybridized carbons (Fsp3) is 0.636. The van der Waals surface area contributed by atoms with Crippen LogP contribution in [0.15, 0.2) is 17.5 Å². The highest BCUT2D eigenvalue weighted by Crippen LogP contribution is 2.08. The second-order valence-corrected chi connectivity index (χ2v) is 5.28. The molecule has 1 unspecified atom stereocenters. The van der Waals surface area contributed by atoms with Crippen molar-refractivity contribution in [2.75, 3.05) is 13.1 Å². The van der Waals surface area contributed by atoms with Gasteiger partial charge in [0.25, 0.3) is 0 Å². The summed E-state index contributed by atoms with van der Waals surface area (Å²) in [5, 5.41) is 5.87. The van der Waals surface area contributed by atoms with Gasteiger partial charge in [0.1, 0.15) is 0 Å². The maximum Gasteiger partial charge on any atom is 0.0308 e. The summed E-state index contributed by atoms with van der Waals surface area (Å²) in [5.41, 5.74) is 0. The molecular weight excluding hydrogens is 214 g/mol. The zero-order valence-corrected chi connectivity index (χ0v) is 10.2. The van der Waals surface area contributed by atoms with Gasteiger partial charge in [-0.3, -0.25) is 0 Å². The minimum Gasteiger partial charge on any atom is -0.316 e. The van der Waals surface area contributed by atoms with E-state index in [2.05, 4.69) is 22.8 Å². The van der Waals surface area contributed by atoms with E-state index >= 15 is 0 Å². The lowest BCUT2D eigenvalue weighted by molar-refractivity contribution is 0.621. The Balaban J connectivity index is 1.90. The van der Waals surface area contributed by atoms with Gasteiger partial charge >= 0.3 is 0 Å². The minimum absolute atomic E-state index is 0.314. The average molecular weight is 232 g/mol. The lowest BCUT2D eigenvalue weighted by Gasteiger charge is -2.04. The second-order valence-electron chi connectivity index (χ2n) is 3.50. The van der Waals surface area contributed by atoms with E-state index in [1.807, 2.05) is 18.3 Å². The summed E-state index contributed by atoms with van der Waals surface area (Å²) in [6.07, 6.45) is 3.43. The highest BCUT2D eigenvalue weighted by molar-refractivity contribution is 7.09. The van der Waals surface area contributed by atoms with Crippen LogP contribution >= 0.6 is 22.9 Å². The molecule has 1 nitrogen and oxygen atoms in total. The zero-order chi connectivity index (χ0) is 10.2. The molecule has 0 amide bonds. The van der Waals surface area contributed by atoms with Gasteiger partial charge in [0.15, 0.2) is 0 Å². The molecular formula is C11H18ClNS. The first-order valence-corrected chi connectivity index (χ1v) is 6.48. The van der Waals surface area contributed by atoms with Crippen LogP contribution in [0.2, 0.25) is 0 Å². The molecule has 1 aromatic rings. The summed E-state index contributed by atoms with van der Waals surface area (Å²) in [6, 6.07) is 4.29. The fourth-order valence-electron chi connectivity index (χ4n) is 1.30. The second kappa shape index (κ2) is 7.27. The largest absolute Gasteiger partial charge is 0.316 e. The Morgan fingerprint density at radius 2 is 2.36 bits per heavy atom. The molecule has 0 aliphatic rings. The van der Waals surface area contributed by atoms with Gasteiger partial charge in [-0.25, -0.2) is 0 Å². The number of rotatable bonds is 7. The van der Waals surface area contributed by atoms with Gasteiger partial charge in [0.05, 0.1) is 0 Å². The van der Waals surface area contributed by atoms with Crippen molar-refractivity contribution < 1.29 is 0 Å². The molecule has 0 spiro atoms. The molecule has 80 valence electrons. The Bertz CT molecular complexity index is 221. The monoisotopic (exact) mass is 231 g/mol. The molecule has 0 saturated heterocycles. The minimum atomic E-state index is 0.314. The van der Waals surface area contributed by atoms with Crippen molar-refractivity contribution in [2.45, 2.75) is 31.6 Å². The number of hydrogen-bond acceptors (Lipinski definition) is 2. The van der Waals surface area contributed by atoms with Crippen LogP contribution in [0, 0.1) is 0 Å². The van der Waals surface area contributed by atoms with Crippen LogP contribution in [0.4, 0.5) is 0 Å². The molecule has 1 N–H and O–H groups in total. The van der Waals surface area contributed by atoms with Crippen molar-refractivity contribution in [1.82, 2.24) is 5.32 Å². The molecule has 1 heterocycles. The van der Waals surface area contributed by atoms with Gasteiger partial charge in [-0.2, -0.15) is 0 Å². The van der Waals surface area contributed by atoms with E-state index in [1.54, 1.807) is 0 Å². The van der Waals surface area contributed by atoms with Gasteiger partial charge in [-0.15, -0.1) is 22.9 Å². The molecule has 1 atom stereocenters. The van der Waals surface area contributed by atoms with E-state index in [-0.39, 0.29) is 0 Å². The number of nitrogens with one attached hydrogen (secondary N) is 1. The van der Waals surface area contributed by atoms with Gasteiger partial charge < -0.3 is 5.32 Å². The Kier molecular flexibility index (Phi) is 6.24. The van der Waals surface area contributed by atoms with Crippen LogP contribution in [0.25, 0.3) is 0 Å². The molecule has 0 aromatic carbocycles. The standard InChI is InChI=1S/C11H18ClNS/c1-10(12)4-2-7-13-8-6-11-5-3-9-14-11/h3,5,9-10,13H,2,4,6-8H2,1H3. The summed E-state index contributed by atoms with van der Waals surface area (Å²) in [6.45, 7) is 4.22. The van der Waals surface area contributed by atoms with E-state index in [0.29, 0.717) is 5.38 Å². The molecule has 0 fully saturated rings. The Morgan fingerprint density at radius 3 is 3.00 bits per heavy atom. The maximum absolute atomic E-state index is 5.85. The summed E-state index contributed by atoms with van der Waals surface area (Å²) in [7, 11) is 0. The molecule has 0 aliphatic carbocycles. The molecule has 0 saturated carbocycles. The summed E-state index contributed by atoms with van der Waals surface area (Å²) < 4.78 is 0. The predicted molar refractivity (Wildman–Crippen MR) is 65.4 cm³/mol. The van der Waals surface area contributed by atoms with E-state index < -0.39 is 0 Å². The first-order chi connectivity index (χ1) is 6.79. The van der Waals surface area contributed by atoms with Crippen molar-refractivity contribution in [1.29, 1.82) is 0 Å². The van der Waals surface area contributed by atoms with E-state index in [1.165, 1.54) is 11.3 Å². The maximum atomic E-state index is 5.85. The molecule has 0 bridgehead atoms. The third kappa shape index (κ3) is 5.63. The highest BCUT2D eigenvalue weighted by Gasteiger charge is 1.96. The third-order valence-electron chi connectivity index (χ3n) is 2.08. The third-order valence-corrected chi connectivity index (χ3v) is 3.24. The molecule has 3 heteroatoms. The molecule has 1 rings (SSSR count). The summed E-state index contributed by atoms with van der Waals surface area (Å²) >= 11 is 7.68.